The number of nitrogens with zero attached hydrogens (tertiary/aromatic N) is 5. The van der Waals surface area contributed by atoms with E-state index in [0.717, 1.165) is 12.8 Å². The van der Waals surface area contributed by atoms with Crippen LogP contribution in [-0.2, 0) is 9.53 Å². The van der Waals surface area contributed by atoms with E-state index in [2.05, 4.69) is 20.6 Å². The molecule has 42 heavy (non-hydrogen) atoms. The molecule has 1 saturated carbocycles. The molecule has 11 nitrogen and oxygen atoms in total. The molecule has 226 valence electrons. The number of ether oxygens (including phenoxy) is 1. The minimum Gasteiger partial charge on any atom is -0.444 e. The quantitative estimate of drug-likeness (QED) is 0.365. The first kappa shape index (κ1) is 29.4. The van der Waals surface area contributed by atoms with Crippen molar-refractivity contribution in [1.29, 1.82) is 0 Å². The number of carbonyl (C=O) groups is 2. The molecule has 3 aromatic rings. The highest BCUT2D eigenvalue weighted by molar-refractivity contribution is 5.78. The van der Waals surface area contributed by atoms with Crippen LogP contribution in [0.5, 0.6) is 0 Å². The van der Waals surface area contributed by atoms with Crippen molar-refractivity contribution in [3.8, 4) is 0 Å². The van der Waals surface area contributed by atoms with Crippen molar-refractivity contribution >= 4 is 40.7 Å². The lowest BCUT2D eigenvalue weighted by Crippen LogP contribution is -2.47. The van der Waals surface area contributed by atoms with Crippen LogP contribution in [0.2, 0.25) is 0 Å². The SMILES string of the molecule is CC(C)(C)OC(=O)N1CCCC(Nc2ncc3nc(Nc4c(F)cc(F)cc4F)n([C@H]4CC[C@@H](C(N)=O)CC4)c3n2)C1. The zero-order chi connectivity index (χ0) is 30.2. The molecule has 1 aliphatic heterocycles. The molecule has 1 unspecified atom stereocenters. The molecular formula is C28H35F3N8O3. The number of hydrogen-bond donors (Lipinski definition) is 3. The number of aromatic nitrogens is 4. The summed E-state index contributed by atoms with van der Waals surface area (Å²) in [6.45, 7) is 6.44. The summed E-state index contributed by atoms with van der Waals surface area (Å²) in [6.07, 6.45) is 4.87. The van der Waals surface area contributed by atoms with E-state index in [9.17, 15) is 22.8 Å². The van der Waals surface area contributed by atoms with E-state index in [-0.39, 0.29) is 36.0 Å². The van der Waals surface area contributed by atoms with Crippen LogP contribution in [-0.4, -0.2) is 61.2 Å². The van der Waals surface area contributed by atoms with Crippen LogP contribution in [0.15, 0.2) is 18.3 Å². The minimum absolute atomic E-state index is 0.108. The fourth-order valence-electron chi connectivity index (χ4n) is 5.56. The van der Waals surface area contributed by atoms with Crippen molar-refractivity contribution in [2.45, 2.75) is 77.0 Å². The maximum absolute atomic E-state index is 14.6. The molecule has 2 amide bonds. The standard InChI is InChI=1S/C28H35F3N8O3/c1-28(2,3)42-27(41)38-10-4-5-17(14-38)34-25-33-13-21-24(37-25)39(18-8-6-15(7-9-18)23(32)40)26(35-21)36-22-19(30)11-16(29)12-20(22)31/h11-13,15,17-18H,4-10,14H2,1-3H3,(H2,32,40)(H,35,36)(H,33,34,37)/t15-,17?,18+. The fraction of sp³-hybridized carbons (Fsp3) is 0.536. The van der Waals surface area contributed by atoms with E-state index in [0.29, 0.717) is 68.0 Å². The summed E-state index contributed by atoms with van der Waals surface area (Å²) < 4.78 is 49.9. The summed E-state index contributed by atoms with van der Waals surface area (Å²) in [6, 6.07) is 0.831. The van der Waals surface area contributed by atoms with E-state index in [4.69, 9.17) is 15.5 Å². The predicted octanol–water partition coefficient (Wildman–Crippen LogP) is 5.02. The Morgan fingerprint density at radius 2 is 1.74 bits per heavy atom. The van der Waals surface area contributed by atoms with E-state index < -0.39 is 28.7 Å². The van der Waals surface area contributed by atoms with Gasteiger partial charge in [0.25, 0.3) is 0 Å². The Labute approximate surface area is 241 Å². The number of likely N-dealkylation sites (tertiary alicyclic amines) is 1. The molecule has 1 atom stereocenters. The molecule has 0 spiro atoms. The van der Waals surface area contributed by atoms with Crippen LogP contribution in [0.3, 0.4) is 0 Å². The van der Waals surface area contributed by atoms with Gasteiger partial charge in [-0.3, -0.25) is 9.36 Å². The predicted molar refractivity (Wildman–Crippen MR) is 150 cm³/mol. The summed E-state index contributed by atoms with van der Waals surface area (Å²) >= 11 is 0. The molecule has 1 aromatic carbocycles. The largest absolute Gasteiger partial charge is 0.444 e. The lowest BCUT2D eigenvalue weighted by molar-refractivity contribution is -0.122. The Hall–Kier alpha value is -4.10. The second-order valence-electron chi connectivity index (χ2n) is 11.9. The number of anilines is 3. The maximum Gasteiger partial charge on any atom is 0.410 e. The number of fused-ring (bicyclic) bond motifs is 1. The van der Waals surface area contributed by atoms with Gasteiger partial charge in [0.05, 0.1) is 6.20 Å². The Bertz CT molecular complexity index is 1460. The summed E-state index contributed by atoms with van der Waals surface area (Å²) in [7, 11) is 0. The molecule has 2 aromatic heterocycles. The highest BCUT2D eigenvalue weighted by Gasteiger charge is 2.31. The number of benzene rings is 1. The van der Waals surface area contributed by atoms with Crippen LogP contribution >= 0.6 is 0 Å². The van der Waals surface area contributed by atoms with Gasteiger partial charge in [0.1, 0.15) is 22.6 Å². The van der Waals surface area contributed by atoms with Crippen LogP contribution in [0.1, 0.15) is 65.3 Å². The Balaban J connectivity index is 1.44. The Morgan fingerprint density at radius 1 is 1.05 bits per heavy atom. The van der Waals surface area contributed by atoms with Crippen molar-refractivity contribution in [2.24, 2.45) is 11.7 Å². The second-order valence-corrected chi connectivity index (χ2v) is 11.9. The normalized spacial score (nSPS) is 21.3. The lowest BCUT2D eigenvalue weighted by Gasteiger charge is -2.34. The first-order valence-corrected chi connectivity index (χ1v) is 14.1. The molecule has 2 fully saturated rings. The van der Waals surface area contributed by atoms with E-state index in [1.165, 1.54) is 6.20 Å². The van der Waals surface area contributed by atoms with Gasteiger partial charge in [-0.05, 0) is 59.3 Å². The summed E-state index contributed by atoms with van der Waals surface area (Å²) in [5, 5.41) is 5.99. The molecule has 1 aliphatic carbocycles. The number of piperidine rings is 1. The number of hydrogen-bond acceptors (Lipinski definition) is 8. The Kier molecular flexibility index (Phi) is 8.15. The number of imidazole rings is 1. The number of primary amides is 1. The fourth-order valence-corrected chi connectivity index (χ4v) is 5.56. The zero-order valence-corrected chi connectivity index (χ0v) is 23.8. The number of amides is 2. The number of nitrogens with one attached hydrogen (secondary N) is 2. The van der Waals surface area contributed by atoms with E-state index in [1.807, 2.05) is 20.8 Å². The molecule has 2 aliphatic rings. The van der Waals surface area contributed by atoms with Gasteiger partial charge in [-0.25, -0.2) is 27.9 Å². The van der Waals surface area contributed by atoms with Crippen LogP contribution < -0.4 is 16.4 Å². The van der Waals surface area contributed by atoms with Crippen LogP contribution in [0, 0.1) is 23.4 Å². The average molecular weight is 589 g/mol. The minimum atomic E-state index is -1.11. The van der Waals surface area contributed by atoms with Gasteiger partial charge in [-0.2, -0.15) is 4.98 Å². The van der Waals surface area contributed by atoms with Crippen molar-refractivity contribution in [3.05, 3.63) is 35.8 Å². The summed E-state index contributed by atoms with van der Waals surface area (Å²) in [5.74, 6) is -3.46. The zero-order valence-electron chi connectivity index (χ0n) is 23.8. The molecule has 3 heterocycles. The molecule has 5 rings (SSSR count). The number of halogens is 3. The van der Waals surface area contributed by atoms with Gasteiger partial charge >= 0.3 is 6.09 Å². The first-order chi connectivity index (χ1) is 19.9. The average Bonchev–Trinajstić information content (AvgIpc) is 3.27. The number of carbonyl (C=O) groups excluding carboxylic acids is 2. The highest BCUT2D eigenvalue weighted by atomic mass is 19.1. The first-order valence-electron chi connectivity index (χ1n) is 14.1. The number of nitrogens with two attached hydrogens (primary N) is 1. The third-order valence-corrected chi connectivity index (χ3v) is 7.55. The van der Waals surface area contributed by atoms with Crippen molar-refractivity contribution in [1.82, 2.24) is 24.4 Å². The van der Waals surface area contributed by atoms with E-state index in [1.54, 1.807) is 9.47 Å². The highest BCUT2D eigenvalue weighted by Crippen LogP contribution is 2.37. The molecule has 1 saturated heterocycles. The summed E-state index contributed by atoms with van der Waals surface area (Å²) in [5.41, 5.74) is 5.16. The monoisotopic (exact) mass is 588 g/mol. The third kappa shape index (κ3) is 6.52. The second kappa shape index (κ2) is 11.6. The van der Waals surface area contributed by atoms with Gasteiger partial charge in [-0.1, -0.05) is 0 Å². The van der Waals surface area contributed by atoms with Crippen LogP contribution in [0.25, 0.3) is 11.2 Å². The molecule has 4 N–H and O–H groups in total. The van der Waals surface area contributed by atoms with Gasteiger partial charge < -0.3 is 26.0 Å². The molecule has 0 radical (unpaired) electrons. The van der Waals surface area contributed by atoms with Crippen LogP contribution in [0.4, 0.5) is 35.5 Å². The van der Waals surface area contributed by atoms with Crippen molar-refractivity contribution < 1.29 is 27.5 Å². The number of rotatable bonds is 6. The Morgan fingerprint density at radius 3 is 2.38 bits per heavy atom. The van der Waals surface area contributed by atoms with Gasteiger partial charge in [0.2, 0.25) is 17.8 Å². The lowest BCUT2D eigenvalue weighted by atomic mass is 9.85. The van der Waals surface area contributed by atoms with E-state index >= 15 is 0 Å². The maximum atomic E-state index is 14.6. The van der Waals surface area contributed by atoms with Gasteiger partial charge in [-0.15, -0.1) is 0 Å². The molecule has 14 heteroatoms. The molecular weight excluding hydrogens is 553 g/mol. The molecule has 0 bridgehead atoms. The van der Waals surface area contributed by atoms with Gasteiger partial charge in [0, 0.05) is 43.2 Å². The van der Waals surface area contributed by atoms with Crippen molar-refractivity contribution in [2.75, 3.05) is 23.7 Å². The smallest absolute Gasteiger partial charge is 0.410 e. The van der Waals surface area contributed by atoms with Crippen molar-refractivity contribution in [3.63, 3.8) is 0 Å². The summed E-state index contributed by atoms with van der Waals surface area (Å²) in [4.78, 5) is 39.6. The third-order valence-electron chi connectivity index (χ3n) is 7.55. The van der Waals surface area contributed by atoms with Gasteiger partial charge in [0.15, 0.2) is 17.3 Å². The topological polar surface area (TPSA) is 140 Å².